The van der Waals surface area contributed by atoms with Gasteiger partial charge in [0.15, 0.2) is 0 Å². The number of aromatic carboxylic acids is 1. The van der Waals surface area contributed by atoms with E-state index in [1.54, 1.807) is 12.1 Å². The number of aromatic hydroxyl groups is 1. The van der Waals surface area contributed by atoms with E-state index in [0.717, 1.165) is 0 Å². The van der Waals surface area contributed by atoms with Crippen molar-refractivity contribution in [2.24, 2.45) is 0 Å². The van der Waals surface area contributed by atoms with Gasteiger partial charge in [-0.25, -0.2) is 4.79 Å². The summed E-state index contributed by atoms with van der Waals surface area (Å²) in [6.45, 7) is 0. The lowest BCUT2D eigenvalue weighted by Crippen LogP contribution is -1.98. The first-order chi connectivity index (χ1) is 7.16. The minimum atomic E-state index is -1.26. The van der Waals surface area contributed by atoms with Gasteiger partial charge in [0.1, 0.15) is 5.75 Å². The summed E-state index contributed by atoms with van der Waals surface area (Å²) in [7, 11) is 0. The van der Waals surface area contributed by atoms with E-state index in [1.807, 2.05) is 0 Å². The van der Waals surface area contributed by atoms with Gasteiger partial charge in [-0.15, -0.1) is 0 Å². The van der Waals surface area contributed by atoms with E-state index in [-0.39, 0.29) is 11.6 Å². The van der Waals surface area contributed by atoms with Crippen LogP contribution in [0.15, 0.2) is 28.8 Å². The normalized spacial score (nSPS) is 10.1. The van der Waals surface area contributed by atoms with Crippen molar-refractivity contribution >= 4 is 5.97 Å². The van der Waals surface area contributed by atoms with Crippen LogP contribution >= 0.6 is 0 Å². The lowest BCUT2D eigenvalue weighted by Gasteiger charge is -1.93. The van der Waals surface area contributed by atoms with Crippen LogP contribution in [0.2, 0.25) is 0 Å². The van der Waals surface area contributed by atoms with Gasteiger partial charge in [0, 0.05) is 5.56 Å². The second-order valence-corrected chi connectivity index (χ2v) is 2.78. The maximum Gasteiger partial charge on any atom is 0.377 e. The molecule has 6 heteroatoms. The van der Waals surface area contributed by atoms with Gasteiger partial charge >= 0.3 is 5.97 Å². The molecule has 1 aromatic carbocycles. The average Bonchev–Trinajstić information content (AvgIpc) is 2.66. The van der Waals surface area contributed by atoms with E-state index in [2.05, 4.69) is 10.1 Å². The molecule has 2 aromatic rings. The van der Waals surface area contributed by atoms with E-state index >= 15 is 0 Å². The summed E-state index contributed by atoms with van der Waals surface area (Å²) in [5.74, 6) is -1.57. The molecule has 6 nitrogen and oxygen atoms in total. The topological polar surface area (TPSA) is 96.5 Å². The average molecular weight is 206 g/mol. The van der Waals surface area contributed by atoms with Crippen molar-refractivity contribution in [2.75, 3.05) is 0 Å². The van der Waals surface area contributed by atoms with Crippen LogP contribution in [-0.4, -0.2) is 26.3 Å². The molecule has 1 heterocycles. The number of phenols is 1. The Morgan fingerprint density at radius 1 is 1.40 bits per heavy atom. The standard InChI is InChI=1S/C9H6N2O4/c12-6-3-1-2-5(4-6)8-10-7(9(13)14)11-15-8/h1-4,12H,(H,13,14). The fourth-order valence-electron chi connectivity index (χ4n) is 1.07. The van der Waals surface area contributed by atoms with E-state index in [4.69, 9.17) is 9.63 Å². The summed E-state index contributed by atoms with van der Waals surface area (Å²) in [5.41, 5.74) is 0.468. The molecule has 0 unspecified atom stereocenters. The Balaban J connectivity index is 2.41. The first-order valence-electron chi connectivity index (χ1n) is 4.03. The fraction of sp³-hybridized carbons (Fsp3) is 0. The smallest absolute Gasteiger partial charge is 0.377 e. The summed E-state index contributed by atoms with van der Waals surface area (Å²) in [6, 6.07) is 6.10. The van der Waals surface area contributed by atoms with Crippen molar-refractivity contribution in [3.8, 4) is 17.2 Å². The predicted molar refractivity (Wildman–Crippen MR) is 48.4 cm³/mol. The first kappa shape index (κ1) is 9.20. The van der Waals surface area contributed by atoms with Gasteiger partial charge in [0.25, 0.3) is 11.7 Å². The monoisotopic (exact) mass is 206 g/mol. The number of hydrogen-bond donors (Lipinski definition) is 2. The SMILES string of the molecule is O=C(O)c1noc(-c2cccc(O)c2)n1. The highest BCUT2D eigenvalue weighted by molar-refractivity contribution is 5.83. The molecule has 15 heavy (non-hydrogen) atoms. The number of benzene rings is 1. The maximum absolute atomic E-state index is 10.5. The van der Waals surface area contributed by atoms with Gasteiger partial charge in [0.05, 0.1) is 0 Å². The van der Waals surface area contributed by atoms with Crippen molar-refractivity contribution < 1.29 is 19.5 Å². The quantitative estimate of drug-likeness (QED) is 0.764. The minimum Gasteiger partial charge on any atom is -0.508 e. The number of carboxylic acids is 1. The van der Waals surface area contributed by atoms with Crippen LogP contribution in [-0.2, 0) is 0 Å². The molecule has 0 amide bonds. The highest BCUT2D eigenvalue weighted by atomic mass is 16.5. The summed E-state index contributed by atoms with van der Waals surface area (Å²) in [6.07, 6.45) is 0. The van der Waals surface area contributed by atoms with Gasteiger partial charge in [-0.05, 0) is 23.4 Å². The zero-order valence-corrected chi connectivity index (χ0v) is 7.41. The molecule has 0 spiro atoms. The molecule has 0 atom stereocenters. The van der Waals surface area contributed by atoms with E-state index in [9.17, 15) is 9.90 Å². The second kappa shape index (κ2) is 3.41. The molecule has 0 aliphatic heterocycles. The summed E-state index contributed by atoms with van der Waals surface area (Å²) >= 11 is 0. The van der Waals surface area contributed by atoms with Gasteiger partial charge in [-0.2, -0.15) is 4.98 Å². The molecule has 0 saturated carbocycles. The second-order valence-electron chi connectivity index (χ2n) is 2.78. The molecule has 2 N–H and O–H groups in total. The lowest BCUT2D eigenvalue weighted by atomic mass is 10.2. The maximum atomic E-state index is 10.5. The Hall–Kier alpha value is -2.37. The molecule has 0 radical (unpaired) electrons. The third-order valence-corrected chi connectivity index (χ3v) is 1.71. The third kappa shape index (κ3) is 1.78. The van der Waals surface area contributed by atoms with Gasteiger partial charge in [-0.1, -0.05) is 6.07 Å². The zero-order chi connectivity index (χ0) is 10.8. The molecule has 0 aliphatic rings. The molecule has 0 fully saturated rings. The molecule has 2 rings (SSSR count). The number of rotatable bonds is 2. The van der Waals surface area contributed by atoms with Crippen molar-refractivity contribution in [2.45, 2.75) is 0 Å². The van der Waals surface area contributed by atoms with E-state index < -0.39 is 11.8 Å². The Bertz CT molecular complexity index is 506. The molecule has 0 bridgehead atoms. The zero-order valence-electron chi connectivity index (χ0n) is 7.41. The predicted octanol–water partition coefficient (Wildman–Crippen LogP) is 1.14. The van der Waals surface area contributed by atoms with Gasteiger partial charge in [0.2, 0.25) is 0 Å². The Kier molecular flexibility index (Phi) is 2.09. The van der Waals surface area contributed by atoms with Crippen molar-refractivity contribution in [3.63, 3.8) is 0 Å². The highest BCUT2D eigenvalue weighted by Crippen LogP contribution is 2.21. The van der Waals surface area contributed by atoms with Crippen molar-refractivity contribution in [1.29, 1.82) is 0 Å². The number of nitrogens with zero attached hydrogens (tertiary/aromatic N) is 2. The van der Waals surface area contributed by atoms with Crippen LogP contribution in [0.4, 0.5) is 0 Å². The number of phenolic OH excluding ortho intramolecular Hbond substituents is 1. The van der Waals surface area contributed by atoms with E-state index in [0.29, 0.717) is 5.56 Å². The number of carbonyl (C=O) groups is 1. The Morgan fingerprint density at radius 2 is 2.20 bits per heavy atom. The van der Waals surface area contributed by atoms with Crippen LogP contribution in [0.3, 0.4) is 0 Å². The van der Waals surface area contributed by atoms with Crippen LogP contribution < -0.4 is 0 Å². The molecular formula is C9H6N2O4. The van der Waals surface area contributed by atoms with Gasteiger partial charge < -0.3 is 14.7 Å². The number of aromatic nitrogens is 2. The minimum absolute atomic E-state index is 0.0441. The number of carboxylic acid groups (broad SMARTS) is 1. The molecule has 0 aliphatic carbocycles. The highest BCUT2D eigenvalue weighted by Gasteiger charge is 2.14. The molecule has 1 aromatic heterocycles. The Labute approximate surface area is 83.8 Å². The largest absolute Gasteiger partial charge is 0.508 e. The van der Waals surface area contributed by atoms with Crippen molar-refractivity contribution in [3.05, 3.63) is 30.1 Å². The Morgan fingerprint density at radius 3 is 2.80 bits per heavy atom. The van der Waals surface area contributed by atoms with Crippen LogP contribution in [0.1, 0.15) is 10.6 Å². The molecule has 76 valence electrons. The van der Waals surface area contributed by atoms with Crippen molar-refractivity contribution in [1.82, 2.24) is 10.1 Å². The van der Waals surface area contributed by atoms with E-state index in [1.165, 1.54) is 12.1 Å². The fourth-order valence-corrected chi connectivity index (χ4v) is 1.07. The summed E-state index contributed by atoms with van der Waals surface area (Å²) < 4.78 is 4.71. The lowest BCUT2D eigenvalue weighted by molar-refractivity contribution is 0.0680. The van der Waals surface area contributed by atoms with Crippen LogP contribution in [0.5, 0.6) is 5.75 Å². The summed E-state index contributed by atoms with van der Waals surface area (Å²) in [4.78, 5) is 14.1. The molecular weight excluding hydrogens is 200 g/mol. The van der Waals surface area contributed by atoms with Crippen LogP contribution in [0.25, 0.3) is 11.5 Å². The third-order valence-electron chi connectivity index (χ3n) is 1.71. The van der Waals surface area contributed by atoms with Crippen LogP contribution in [0, 0.1) is 0 Å². The first-order valence-corrected chi connectivity index (χ1v) is 4.03. The molecule has 0 saturated heterocycles. The summed E-state index contributed by atoms with van der Waals surface area (Å²) in [5, 5.41) is 21.0. The number of hydrogen-bond acceptors (Lipinski definition) is 5. The van der Waals surface area contributed by atoms with Gasteiger partial charge in [-0.3, -0.25) is 0 Å².